The Bertz CT molecular complexity index is 1260. The first-order valence-corrected chi connectivity index (χ1v) is 11.1. The SMILES string of the molecule is COc1ccc(NS(=O)(=O)c2cc([N+](=O)[O-])ccc2N/N=C\c2c(Cl)cccc2Cl)cc1. The third-order valence-corrected chi connectivity index (χ3v) is 6.27. The van der Waals surface area contributed by atoms with E-state index in [1.165, 1.54) is 31.5 Å². The predicted molar refractivity (Wildman–Crippen MR) is 125 cm³/mol. The molecule has 3 aromatic rings. The molecule has 12 heteroatoms. The standard InChI is InChI=1S/C20H16Cl2N4O5S/c1-31-15-8-5-13(6-9-15)25-32(29,30)20-11-14(26(27)28)7-10-19(20)24-23-12-16-17(21)3-2-4-18(16)22/h2-12,24-25H,1H3/b23-12-. The highest BCUT2D eigenvalue weighted by Gasteiger charge is 2.23. The van der Waals surface area contributed by atoms with Crippen LogP contribution in [0.25, 0.3) is 0 Å². The van der Waals surface area contributed by atoms with Crippen LogP contribution in [-0.4, -0.2) is 26.7 Å². The number of halogens is 2. The van der Waals surface area contributed by atoms with Gasteiger partial charge in [0, 0.05) is 23.4 Å². The van der Waals surface area contributed by atoms with E-state index >= 15 is 0 Å². The Morgan fingerprint density at radius 1 is 1.06 bits per heavy atom. The molecule has 166 valence electrons. The number of ether oxygens (including phenoxy) is 1. The molecule has 0 spiro atoms. The van der Waals surface area contributed by atoms with Crippen molar-refractivity contribution in [2.45, 2.75) is 4.90 Å². The molecule has 0 bridgehead atoms. The number of hydrazone groups is 1. The molecule has 0 atom stereocenters. The normalized spacial score (nSPS) is 11.3. The van der Waals surface area contributed by atoms with Crippen molar-refractivity contribution < 1.29 is 18.1 Å². The van der Waals surface area contributed by atoms with E-state index in [1.54, 1.807) is 30.3 Å². The van der Waals surface area contributed by atoms with Crippen LogP contribution in [0.5, 0.6) is 5.75 Å². The smallest absolute Gasteiger partial charge is 0.270 e. The number of nitro groups is 1. The maximum Gasteiger partial charge on any atom is 0.270 e. The Morgan fingerprint density at radius 3 is 2.31 bits per heavy atom. The summed E-state index contributed by atoms with van der Waals surface area (Å²) in [6.07, 6.45) is 1.32. The highest BCUT2D eigenvalue weighted by atomic mass is 35.5. The number of sulfonamides is 1. The molecule has 0 fully saturated rings. The topological polar surface area (TPSA) is 123 Å². The molecule has 0 aromatic heterocycles. The maximum atomic E-state index is 13.0. The summed E-state index contributed by atoms with van der Waals surface area (Å²) in [5.74, 6) is 0.540. The van der Waals surface area contributed by atoms with Crippen molar-refractivity contribution in [2.75, 3.05) is 17.3 Å². The van der Waals surface area contributed by atoms with Crippen LogP contribution in [0, 0.1) is 10.1 Å². The number of anilines is 2. The van der Waals surface area contributed by atoms with Crippen LogP contribution in [0.2, 0.25) is 10.0 Å². The number of rotatable bonds is 8. The number of hydrogen-bond acceptors (Lipinski definition) is 7. The number of methoxy groups -OCH3 is 1. The van der Waals surface area contributed by atoms with Crippen LogP contribution < -0.4 is 14.9 Å². The molecule has 3 rings (SSSR count). The van der Waals surface area contributed by atoms with E-state index in [9.17, 15) is 18.5 Å². The lowest BCUT2D eigenvalue weighted by Gasteiger charge is -2.12. The molecule has 0 saturated heterocycles. The summed E-state index contributed by atoms with van der Waals surface area (Å²) in [6, 6.07) is 14.4. The fourth-order valence-electron chi connectivity index (χ4n) is 2.61. The minimum atomic E-state index is -4.21. The molecule has 9 nitrogen and oxygen atoms in total. The fraction of sp³-hybridized carbons (Fsp3) is 0.0500. The van der Waals surface area contributed by atoms with Gasteiger partial charge in [-0.1, -0.05) is 29.3 Å². The number of non-ortho nitro benzene ring substituents is 1. The van der Waals surface area contributed by atoms with Crippen LogP contribution in [0.15, 0.2) is 70.7 Å². The summed E-state index contributed by atoms with van der Waals surface area (Å²) in [6.45, 7) is 0. The van der Waals surface area contributed by atoms with Crippen molar-refractivity contribution in [1.29, 1.82) is 0 Å². The third kappa shape index (κ3) is 5.47. The van der Waals surface area contributed by atoms with Gasteiger partial charge in [-0.3, -0.25) is 20.3 Å². The first-order chi connectivity index (χ1) is 15.2. The van der Waals surface area contributed by atoms with E-state index in [4.69, 9.17) is 27.9 Å². The summed E-state index contributed by atoms with van der Waals surface area (Å²) in [5.41, 5.74) is 2.86. The van der Waals surface area contributed by atoms with Gasteiger partial charge in [-0.25, -0.2) is 8.42 Å². The quantitative estimate of drug-likeness (QED) is 0.253. The largest absolute Gasteiger partial charge is 0.497 e. The molecular weight excluding hydrogens is 479 g/mol. The van der Waals surface area contributed by atoms with Crippen molar-refractivity contribution in [3.05, 3.63) is 86.4 Å². The molecule has 0 amide bonds. The molecule has 3 aromatic carbocycles. The van der Waals surface area contributed by atoms with Crippen LogP contribution >= 0.6 is 23.2 Å². The minimum Gasteiger partial charge on any atom is -0.497 e. The first-order valence-electron chi connectivity index (χ1n) is 8.89. The van der Waals surface area contributed by atoms with E-state index in [0.29, 0.717) is 21.4 Å². The zero-order valence-corrected chi connectivity index (χ0v) is 18.8. The van der Waals surface area contributed by atoms with Gasteiger partial charge in [-0.15, -0.1) is 0 Å². The fourth-order valence-corrected chi connectivity index (χ4v) is 4.34. The molecule has 2 N–H and O–H groups in total. The van der Waals surface area contributed by atoms with Crippen LogP contribution in [-0.2, 0) is 10.0 Å². The van der Waals surface area contributed by atoms with Crippen molar-refractivity contribution in [3.8, 4) is 5.75 Å². The molecule has 0 saturated carbocycles. The number of hydrogen-bond donors (Lipinski definition) is 2. The summed E-state index contributed by atoms with van der Waals surface area (Å²) >= 11 is 12.2. The third-order valence-electron chi connectivity index (χ3n) is 4.19. The van der Waals surface area contributed by atoms with E-state index in [1.807, 2.05) is 0 Å². The Labute approximate surface area is 193 Å². The van der Waals surface area contributed by atoms with Crippen molar-refractivity contribution in [2.24, 2.45) is 5.10 Å². The Kier molecular flexibility index (Phi) is 7.18. The molecule has 0 unspecified atom stereocenters. The van der Waals surface area contributed by atoms with Crippen LogP contribution in [0.4, 0.5) is 17.1 Å². The number of nitrogens with zero attached hydrogens (tertiary/aromatic N) is 2. The Hall–Kier alpha value is -3.34. The molecule has 0 aliphatic heterocycles. The minimum absolute atomic E-state index is 0.0102. The summed E-state index contributed by atoms with van der Waals surface area (Å²) in [7, 11) is -2.73. The maximum absolute atomic E-state index is 13.0. The summed E-state index contributed by atoms with van der Waals surface area (Å²) in [5, 5.41) is 15.9. The van der Waals surface area contributed by atoms with Crippen LogP contribution in [0.1, 0.15) is 5.56 Å². The van der Waals surface area contributed by atoms with Gasteiger partial charge in [-0.05, 0) is 42.5 Å². The summed E-state index contributed by atoms with van der Waals surface area (Å²) < 4.78 is 33.4. The second-order valence-corrected chi connectivity index (χ2v) is 8.74. The van der Waals surface area contributed by atoms with E-state index in [-0.39, 0.29) is 16.3 Å². The monoisotopic (exact) mass is 494 g/mol. The number of nitrogens with one attached hydrogen (secondary N) is 2. The van der Waals surface area contributed by atoms with Crippen molar-refractivity contribution >= 4 is 56.5 Å². The number of nitro benzene ring substituents is 1. The van der Waals surface area contributed by atoms with Crippen LogP contribution in [0.3, 0.4) is 0 Å². The molecule has 0 radical (unpaired) electrons. The molecule has 0 aliphatic rings. The first kappa shape index (κ1) is 23.3. The average molecular weight is 495 g/mol. The highest BCUT2D eigenvalue weighted by molar-refractivity contribution is 7.92. The molecule has 0 aliphatic carbocycles. The van der Waals surface area contributed by atoms with E-state index < -0.39 is 20.6 Å². The van der Waals surface area contributed by atoms with Gasteiger partial charge >= 0.3 is 0 Å². The van der Waals surface area contributed by atoms with Gasteiger partial charge < -0.3 is 4.74 Å². The Balaban J connectivity index is 1.95. The van der Waals surface area contributed by atoms with Gasteiger partial charge in [0.1, 0.15) is 10.6 Å². The second kappa shape index (κ2) is 9.86. The van der Waals surface area contributed by atoms with Crippen molar-refractivity contribution in [3.63, 3.8) is 0 Å². The lowest BCUT2D eigenvalue weighted by atomic mass is 10.2. The Morgan fingerprint density at radius 2 is 1.72 bits per heavy atom. The lowest BCUT2D eigenvalue weighted by Crippen LogP contribution is -2.15. The number of benzene rings is 3. The van der Waals surface area contributed by atoms with Gasteiger partial charge in [0.25, 0.3) is 15.7 Å². The highest BCUT2D eigenvalue weighted by Crippen LogP contribution is 2.29. The molecule has 0 heterocycles. The van der Waals surface area contributed by atoms with E-state index in [0.717, 1.165) is 12.1 Å². The second-order valence-electron chi connectivity index (χ2n) is 6.28. The van der Waals surface area contributed by atoms with Crippen molar-refractivity contribution in [1.82, 2.24) is 0 Å². The lowest BCUT2D eigenvalue weighted by molar-refractivity contribution is -0.385. The predicted octanol–water partition coefficient (Wildman–Crippen LogP) is 5.16. The average Bonchev–Trinajstić information content (AvgIpc) is 2.76. The zero-order valence-electron chi connectivity index (χ0n) is 16.5. The molecular formula is C20H16Cl2N4O5S. The van der Waals surface area contributed by atoms with Gasteiger partial charge in [0.15, 0.2) is 0 Å². The zero-order chi connectivity index (χ0) is 23.3. The van der Waals surface area contributed by atoms with E-state index in [2.05, 4.69) is 15.2 Å². The van der Waals surface area contributed by atoms with Gasteiger partial charge in [-0.2, -0.15) is 5.10 Å². The van der Waals surface area contributed by atoms with Gasteiger partial charge in [0.2, 0.25) is 0 Å². The molecule has 32 heavy (non-hydrogen) atoms. The summed E-state index contributed by atoms with van der Waals surface area (Å²) in [4.78, 5) is 10.1. The van der Waals surface area contributed by atoms with Gasteiger partial charge in [0.05, 0.1) is 34.0 Å².